The third-order valence-electron chi connectivity index (χ3n) is 2.38. The quantitative estimate of drug-likeness (QED) is 0.480. The molecule has 0 unspecified atom stereocenters. The van der Waals surface area contributed by atoms with Crippen LogP contribution in [-0.4, -0.2) is 90.2 Å². The standard InChI is InChI=1S/C13H30N2O3/c1-6-18-13(11-16-9-7-14(2)3)12-17-10-8-15(4)5/h13H,6-12H2,1-5H3. The predicted octanol–water partition coefficient (Wildman–Crippen LogP) is 0.548. The maximum Gasteiger partial charge on any atom is 0.104 e. The number of ether oxygens (including phenoxy) is 3. The monoisotopic (exact) mass is 262 g/mol. The fourth-order valence-electron chi connectivity index (χ4n) is 1.30. The van der Waals surface area contributed by atoms with Crippen LogP contribution >= 0.6 is 0 Å². The van der Waals surface area contributed by atoms with Gasteiger partial charge >= 0.3 is 0 Å². The number of nitrogens with zero attached hydrogens (tertiary/aromatic N) is 2. The van der Waals surface area contributed by atoms with Gasteiger partial charge in [0.1, 0.15) is 6.10 Å². The maximum atomic E-state index is 5.58. The van der Waals surface area contributed by atoms with Crippen molar-refractivity contribution < 1.29 is 14.2 Å². The van der Waals surface area contributed by atoms with E-state index in [-0.39, 0.29) is 6.10 Å². The van der Waals surface area contributed by atoms with E-state index in [0.717, 1.165) is 26.3 Å². The predicted molar refractivity (Wildman–Crippen MR) is 74.2 cm³/mol. The fourth-order valence-corrected chi connectivity index (χ4v) is 1.30. The van der Waals surface area contributed by atoms with E-state index in [2.05, 4.69) is 9.80 Å². The summed E-state index contributed by atoms with van der Waals surface area (Å²) in [5.74, 6) is 0. The van der Waals surface area contributed by atoms with Gasteiger partial charge in [-0.2, -0.15) is 0 Å². The van der Waals surface area contributed by atoms with E-state index in [1.807, 2.05) is 35.1 Å². The number of likely N-dealkylation sites (N-methyl/N-ethyl adjacent to an activating group) is 2. The second-order valence-corrected chi connectivity index (χ2v) is 4.83. The average molecular weight is 262 g/mol. The maximum absolute atomic E-state index is 5.58. The summed E-state index contributed by atoms with van der Waals surface area (Å²) in [6.07, 6.45) is 0.0410. The van der Waals surface area contributed by atoms with E-state index < -0.39 is 0 Å². The van der Waals surface area contributed by atoms with Gasteiger partial charge in [0.2, 0.25) is 0 Å². The summed E-state index contributed by atoms with van der Waals surface area (Å²) in [5, 5.41) is 0. The minimum Gasteiger partial charge on any atom is -0.377 e. The third-order valence-corrected chi connectivity index (χ3v) is 2.38. The largest absolute Gasteiger partial charge is 0.377 e. The Balaban J connectivity index is 3.58. The summed E-state index contributed by atoms with van der Waals surface area (Å²) in [6.45, 7) is 7.21. The summed E-state index contributed by atoms with van der Waals surface area (Å²) >= 11 is 0. The van der Waals surface area contributed by atoms with Crippen molar-refractivity contribution in [2.24, 2.45) is 0 Å². The molecule has 0 aliphatic heterocycles. The van der Waals surface area contributed by atoms with Gasteiger partial charge in [-0.15, -0.1) is 0 Å². The first-order valence-corrected chi connectivity index (χ1v) is 6.62. The molecule has 110 valence electrons. The Hall–Kier alpha value is -0.200. The van der Waals surface area contributed by atoms with Gasteiger partial charge in [-0.25, -0.2) is 0 Å². The van der Waals surface area contributed by atoms with Gasteiger partial charge in [-0.3, -0.25) is 0 Å². The van der Waals surface area contributed by atoms with Gasteiger partial charge in [0.25, 0.3) is 0 Å². The molecule has 0 atom stereocenters. The lowest BCUT2D eigenvalue weighted by molar-refractivity contribution is -0.0586. The van der Waals surface area contributed by atoms with Crippen LogP contribution in [0.15, 0.2) is 0 Å². The van der Waals surface area contributed by atoms with Crippen molar-refractivity contribution in [3.63, 3.8) is 0 Å². The molecule has 0 amide bonds. The van der Waals surface area contributed by atoms with Crippen LogP contribution < -0.4 is 0 Å². The number of hydrogen-bond donors (Lipinski definition) is 0. The Morgan fingerprint density at radius 1 is 0.833 bits per heavy atom. The number of rotatable bonds is 12. The molecule has 0 aromatic carbocycles. The van der Waals surface area contributed by atoms with E-state index >= 15 is 0 Å². The molecule has 5 nitrogen and oxygen atoms in total. The highest BCUT2D eigenvalue weighted by Gasteiger charge is 2.09. The smallest absolute Gasteiger partial charge is 0.104 e. The first-order chi connectivity index (χ1) is 8.56. The van der Waals surface area contributed by atoms with Crippen LogP contribution in [0.1, 0.15) is 6.92 Å². The molecular weight excluding hydrogens is 232 g/mol. The third kappa shape index (κ3) is 12.3. The Kier molecular flexibility index (Phi) is 11.7. The molecule has 0 aromatic rings. The van der Waals surface area contributed by atoms with Crippen LogP contribution in [0.2, 0.25) is 0 Å². The summed E-state index contributed by atoms with van der Waals surface area (Å²) in [7, 11) is 8.14. The Morgan fingerprint density at radius 3 is 1.61 bits per heavy atom. The van der Waals surface area contributed by atoms with Crippen molar-refractivity contribution in [1.29, 1.82) is 0 Å². The molecule has 0 aliphatic rings. The number of hydrogen-bond acceptors (Lipinski definition) is 5. The first-order valence-electron chi connectivity index (χ1n) is 6.62. The van der Waals surface area contributed by atoms with Gasteiger partial charge < -0.3 is 24.0 Å². The topological polar surface area (TPSA) is 34.2 Å². The van der Waals surface area contributed by atoms with Crippen LogP contribution in [-0.2, 0) is 14.2 Å². The molecule has 0 N–H and O–H groups in total. The van der Waals surface area contributed by atoms with Crippen LogP contribution in [0.4, 0.5) is 0 Å². The lowest BCUT2D eigenvalue weighted by Crippen LogP contribution is -2.29. The van der Waals surface area contributed by atoms with Crippen LogP contribution in [0.5, 0.6) is 0 Å². The van der Waals surface area contributed by atoms with E-state index in [0.29, 0.717) is 19.8 Å². The van der Waals surface area contributed by atoms with Gasteiger partial charge in [0.05, 0.1) is 26.4 Å². The van der Waals surface area contributed by atoms with E-state index in [4.69, 9.17) is 14.2 Å². The van der Waals surface area contributed by atoms with Crippen molar-refractivity contribution in [3.8, 4) is 0 Å². The van der Waals surface area contributed by atoms with Gasteiger partial charge in [-0.05, 0) is 35.1 Å². The molecule has 0 rings (SSSR count). The molecule has 0 saturated heterocycles. The summed E-state index contributed by atoms with van der Waals surface area (Å²) in [5.41, 5.74) is 0. The van der Waals surface area contributed by atoms with Crippen molar-refractivity contribution in [2.45, 2.75) is 13.0 Å². The second-order valence-electron chi connectivity index (χ2n) is 4.83. The molecule has 0 heterocycles. The molecule has 0 spiro atoms. The molecular formula is C13H30N2O3. The lowest BCUT2D eigenvalue weighted by Gasteiger charge is -2.19. The summed E-state index contributed by atoms with van der Waals surface area (Å²) < 4.78 is 16.7. The van der Waals surface area contributed by atoms with E-state index in [1.54, 1.807) is 0 Å². The molecule has 0 radical (unpaired) electrons. The zero-order chi connectivity index (χ0) is 13.8. The molecule has 0 aromatic heterocycles. The fraction of sp³-hybridized carbons (Fsp3) is 1.00. The summed E-state index contributed by atoms with van der Waals surface area (Å²) in [4.78, 5) is 4.20. The summed E-state index contributed by atoms with van der Waals surface area (Å²) in [6, 6.07) is 0. The van der Waals surface area contributed by atoms with E-state index in [9.17, 15) is 0 Å². The van der Waals surface area contributed by atoms with Gasteiger partial charge in [0, 0.05) is 19.7 Å². The van der Waals surface area contributed by atoms with Crippen molar-refractivity contribution in [2.75, 3.05) is 74.3 Å². The molecule has 0 aliphatic carbocycles. The highest BCUT2D eigenvalue weighted by molar-refractivity contribution is 4.56. The lowest BCUT2D eigenvalue weighted by atomic mass is 10.4. The Bertz CT molecular complexity index is 162. The average Bonchev–Trinajstić information content (AvgIpc) is 2.29. The van der Waals surface area contributed by atoms with Gasteiger partial charge in [0.15, 0.2) is 0 Å². The van der Waals surface area contributed by atoms with Crippen molar-refractivity contribution in [3.05, 3.63) is 0 Å². The SMILES string of the molecule is CCOC(COCCN(C)C)COCCN(C)C. The molecule has 5 heteroatoms. The molecule has 0 bridgehead atoms. The van der Waals surface area contributed by atoms with E-state index in [1.165, 1.54) is 0 Å². The minimum atomic E-state index is 0.0410. The highest BCUT2D eigenvalue weighted by Crippen LogP contribution is 1.96. The Labute approximate surface area is 112 Å². The van der Waals surface area contributed by atoms with Crippen LogP contribution in [0.3, 0.4) is 0 Å². The zero-order valence-corrected chi connectivity index (χ0v) is 12.6. The molecule has 0 saturated carbocycles. The zero-order valence-electron chi connectivity index (χ0n) is 12.6. The van der Waals surface area contributed by atoms with Crippen molar-refractivity contribution in [1.82, 2.24) is 9.80 Å². The minimum absolute atomic E-state index is 0.0410. The van der Waals surface area contributed by atoms with Crippen LogP contribution in [0.25, 0.3) is 0 Å². The first kappa shape index (κ1) is 17.8. The second kappa shape index (κ2) is 11.9. The Morgan fingerprint density at radius 2 is 1.28 bits per heavy atom. The molecule has 18 heavy (non-hydrogen) atoms. The normalized spacial score (nSPS) is 12.0. The van der Waals surface area contributed by atoms with Gasteiger partial charge in [-0.1, -0.05) is 0 Å². The van der Waals surface area contributed by atoms with Crippen LogP contribution in [0, 0.1) is 0 Å². The molecule has 0 fully saturated rings. The van der Waals surface area contributed by atoms with Crippen molar-refractivity contribution >= 4 is 0 Å². The highest BCUT2D eigenvalue weighted by atomic mass is 16.6.